The van der Waals surface area contributed by atoms with Gasteiger partial charge in [0.15, 0.2) is 17.9 Å². The van der Waals surface area contributed by atoms with Crippen molar-refractivity contribution in [1.29, 1.82) is 0 Å². The molecule has 2 unspecified atom stereocenters. The summed E-state index contributed by atoms with van der Waals surface area (Å²) in [5, 5.41) is 3.07. The van der Waals surface area contributed by atoms with Gasteiger partial charge in [0, 0.05) is 47.4 Å². The fourth-order valence-corrected chi connectivity index (χ4v) is 5.67. The number of halogens is 3. The molecule has 1 heterocycles. The van der Waals surface area contributed by atoms with Crippen LogP contribution in [0.15, 0.2) is 42.6 Å². The van der Waals surface area contributed by atoms with Crippen molar-refractivity contribution < 1.29 is 37.4 Å². The van der Waals surface area contributed by atoms with Gasteiger partial charge in [-0.05, 0) is 38.0 Å². The monoisotopic (exact) mass is 594 g/mol. The smallest absolute Gasteiger partial charge is 0.236 e. The predicted octanol–water partition coefficient (Wildman–Crippen LogP) is 5.51. The van der Waals surface area contributed by atoms with Gasteiger partial charge < -0.3 is 19.5 Å². The molecule has 0 saturated heterocycles. The lowest BCUT2D eigenvalue weighted by atomic mass is 9.91. The van der Waals surface area contributed by atoms with Crippen molar-refractivity contribution in [3.05, 3.63) is 64.6 Å². The maximum atomic E-state index is 14.5. The molecule has 1 saturated carbocycles. The maximum absolute atomic E-state index is 14.5. The van der Waals surface area contributed by atoms with E-state index in [1.165, 1.54) is 25.3 Å². The maximum Gasteiger partial charge on any atom is 0.236 e. The van der Waals surface area contributed by atoms with Crippen LogP contribution in [0, 0.1) is 17.7 Å². The lowest BCUT2D eigenvalue weighted by Gasteiger charge is -2.19. The quantitative estimate of drug-likeness (QED) is 0.223. The summed E-state index contributed by atoms with van der Waals surface area (Å²) in [6.07, 6.45) is -0.426. The molecule has 0 bridgehead atoms. The number of ketones is 2. The summed E-state index contributed by atoms with van der Waals surface area (Å²) < 4.78 is 47.7. The van der Waals surface area contributed by atoms with Gasteiger partial charge in [0.2, 0.25) is 13.3 Å². The van der Waals surface area contributed by atoms with Crippen molar-refractivity contribution in [1.82, 2.24) is 9.88 Å². The van der Waals surface area contributed by atoms with E-state index < -0.39 is 42.9 Å². The number of nitrogens with one attached hydrogen (secondary N) is 1. The Labute approximate surface area is 235 Å². The average Bonchev–Trinajstić information content (AvgIpc) is 3.49. The fourth-order valence-electron chi connectivity index (χ4n) is 4.94. The third kappa shape index (κ3) is 6.62. The van der Waals surface area contributed by atoms with Crippen molar-refractivity contribution in [3.63, 3.8) is 0 Å². The number of carbonyl (C=O) groups excluding carboxylic acids is 3. The number of hydrogen-bond acceptors (Lipinski definition) is 5. The topological polar surface area (TPSA) is 115 Å². The van der Waals surface area contributed by atoms with E-state index in [1.807, 2.05) is 0 Å². The number of alkyl halides is 1. The van der Waals surface area contributed by atoms with E-state index in [0.29, 0.717) is 16.5 Å². The van der Waals surface area contributed by atoms with Crippen LogP contribution in [-0.2, 0) is 27.2 Å². The lowest BCUT2D eigenvalue weighted by Crippen LogP contribution is -2.36. The molecular formula is C28H30ClF2N2O6P. The largest absolute Gasteiger partial charge is 0.483 e. The standard InChI is InChI=1S/C28H30ClF2N2O6P/c1-3-40(37,38)15-39-19-7-8-20-23(16(2)34)13-33(25(20)11-19)14-26(35)21-9-18(30)10-22(21)28(36)32-12-17-5-4-6-24(29)27(17)31/h4-8,11,13,18,21-22H,3,9-10,12,14-15H2,1-2H3,(H,32,36)(H,37,38)/t18-,21?,22+/m0/s1. The number of fused-ring (bicyclic) bond motifs is 1. The Morgan fingerprint density at radius 1 is 1.20 bits per heavy atom. The minimum absolute atomic E-state index is 0.0499. The second-order valence-corrected chi connectivity index (χ2v) is 13.0. The minimum atomic E-state index is -3.45. The van der Waals surface area contributed by atoms with Crippen LogP contribution >= 0.6 is 19.0 Å². The van der Waals surface area contributed by atoms with E-state index in [-0.39, 0.29) is 60.6 Å². The Balaban J connectivity index is 1.54. The molecule has 4 rings (SSSR count). The number of rotatable bonds is 11. The normalized spacial score (nSPS) is 20.3. The number of amides is 1. The summed E-state index contributed by atoms with van der Waals surface area (Å²) in [6, 6.07) is 9.18. The van der Waals surface area contributed by atoms with Gasteiger partial charge in [0.25, 0.3) is 0 Å². The molecule has 214 valence electrons. The number of benzene rings is 2. The first kappa shape index (κ1) is 29.9. The van der Waals surface area contributed by atoms with Crippen LogP contribution in [0.2, 0.25) is 5.02 Å². The Morgan fingerprint density at radius 3 is 2.62 bits per heavy atom. The zero-order valence-corrected chi connectivity index (χ0v) is 23.7. The van der Waals surface area contributed by atoms with Crippen LogP contribution in [0.1, 0.15) is 42.6 Å². The molecule has 1 fully saturated rings. The van der Waals surface area contributed by atoms with Crippen molar-refractivity contribution in [2.45, 2.75) is 46.0 Å². The van der Waals surface area contributed by atoms with Crippen LogP contribution in [0.25, 0.3) is 10.9 Å². The van der Waals surface area contributed by atoms with Crippen LogP contribution < -0.4 is 10.1 Å². The highest BCUT2D eigenvalue weighted by Gasteiger charge is 2.42. The summed E-state index contributed by atoms with van der Waals surface area (Å²) in [5.74, 6) is -3.41. The molecule has 1 aliphatic carbocycles. The summed E-state index contributed by atoms with van der Waals surface area (Å²) in [4.78, 5) is 48.5. The molecule has 1 aromatic heterocycles. The molecule has 0 spiro atoms. The second kappa shape index (κ2) is 12.2. The van der Waals surface area contributed by atoms with E-state index in [9.17, 15) is 32.6 Å². The van der Waals surface area contributed by atoms with Gasteiger partial charge in [-0.25, -0.2) is 8.78 Å². The first-order chi connectivity index (χ1) is 18.9. The highest BCUT2D eigenvalue weighted by molar-refractivity contribution is 7.57. The van der Waals surface area contributed by atoms with Gasteiger partial charge in [-0.1, -0.05) is 30.7 Å². The van der Waals surface area contributed by atoms with Crippen molar-refractivity contribution in [2.75, 3.05) is 12.5 Å². The molecule has 40 heavy (non-hydrogen) atoms. The molecular weight excluding hydrogens is 565 g/mol. The Bertz CT molecular complexity index is 1510. The van der Waals surface area contributed by atoms with Gasteiger partial charge in [-0.15, -0.1) is 0 Å². The molecule has 1 amide bonds. The van der Waals surface area contributed by atoms with Crippen molar-refractivity contribution >= 4 is 47.3 Å². The molecule has 8 nitrogen and oxygen atoms in total. The highest BCUT2D eigenvalue weighted by Crippen LogP contribution is 2.40. The van der Waals surface area contributed by atoms with E-state index in [0.717, 1.165) is 0 Å². The molecule has 0 radical (unpaired) electrons. The van der Waals surface area contributed by atoms with Gasteiger partial charge in [0.1, 0.15) is 17.7 Å². The third-order valence-corrected chi connectivity index (χ3v) is 9.04. The summed E-state index contributed by atoms with van der Waals surface area (Å²) in [5.41, 5.74) is 1.01. The first-order valence-corrected chi connectivity index (χ1v) is 15.3. The number of ether oxygens (including phenoxy) is 1. The van der Waals surface area contributed by atoms with Gasteiger partial charge in [-0.2, -0.15) is 0 Å². The Morgan fingerprint density at radius 2 is 1.93 bits per heavy atom. The van der Waals surface area contributed by atoms with Gasteiger partial charge in [0.05, 0.1) is 23.0 Å². The van der Waals surface area contributed by atoms with Crippen LogP contribution in [0.5, 0.6) is 5.75 Å². The zero-order valence-electron chi connectivity index (χ0n) is 22.0. The average molecular weight is 595 g/mol. The number of hydrogen-bond donors (Lipinski definition) is 2. The van der Waals surface area contributed by atoms with E-state index >= 15 is 0 Å². The van der Waals surface area contributed by atoms with Crippen molar-refractivity contribution in [2.24, 2.45) is 11.8 Å². The predicted molar refractivity (Wildman–Crippen MR) is 147 cm³/mol. The molecule has 0 aliphatic heterocycles. The van der Waals surface area contributed by atoms with Gasteiger partial charge >= 0.3 is 0 Å². The molecule has 12 heteroatoms. The Kier molecular flexibility index (Phi) is 9.12. The Hall–Kier alpha value is -3.07. The molecule has 4 atom stereocenters. The molecule has 2 N–H and O–H groups in total. The SMILES string of the molecule is CCP(=O)(O)COc1ccc2c(C(C)=O)cn(CC(=O)C3C[C@H](F)C[C@H]3C(=O)NCc3cccc(Cl)c3F)c2c1. The second-order valence-electron chi connectivity index (χ2n) is 10.0. The van der Waals surface area contributed by atoms with Crippen LogP contribution in [0.4, 0.5) is 8.78 Å². The number of Topliss-reactive ketones (excluding diaryl/α,β-unsaturated/α-hetero) is 2. The number of nitrogens with zero attached hydrogens (tertiary/aromatic N) is 1. The van der Waals surface area contributed by atoms with Gasteiger partial charge in [-0.3, -0.25) is 18.9 Å². The van der Waals surface area contributed by atoms with Crippen LogP contribution in [0.3, 0.4) is 0 Å². The molecule has 1 aliphatic rings. The number of aromatic nitrogens is 1. The minimum Gasteiger partial charge on any atom is -0.483 e. The van der Waals surface area contributed by atoms with E-state index in [4.69, 9.17) is 16.3 Å². The molecule has 2 aromatic carbocycles. The summed E-state index contributed by atoms with van der Waals surface area (Å²) in [6.45, 7) is 2.58. The summed E-state index contributed by atoms with van der Waals surface area (Å²) in [7, 11) is -3.45. The van der Waals surface area contributed by atoms with E-state index in [2.05, 4.69) is 5.32 Å². The third-order valence-electron chi connectivity index (χ3n) is 7.23. The first-order valence-electron chi connectivity index (χ1n) is 12.8. The zero-order chi connectivity index (χ0) is 29.2. The number of carbonyl (C=O) groups is 3. The van der Waals surface area contributed by atoms with E-state index in [1.54, 1.807) is 35.8 Å². The highest BCUT2D eigenvalue weighted by atomic mass is 35.5. The van der Waals surface area contributed by atoms with Crippen LogP contribution in [-0.4, -0.2) is 45.6 Å². The fraction of sp³-hybridized carbons (Fsp3) is 0.393. The summed E-state index contributed by atoms with van der Waals surface area (Å²) >= 11 is 5.80. The van der Waals surface area contributed by atoms with Crippen molar-refractivity contribution in [3.8, 4) is 5.75 Å². The molecule has 3 aromatic rings. The lowest BCUT2D eigenvalue weighted by molar-refractivity contribution is -0.132.